The van der Waals surface area contributed by atoms with Gasteiger partial charge in [0.25, 0.3) is 0 Å². The standard InChI is InChI=1S/C6H2Br2O5/c7-3-1(5(9)10)2(6(11)12)4(8)13-3/h(H,9,10)(H,11,12). The van der Waals surface area contributed by atoms with Gasteiger partial charge in [0.1, 0.15) is 11.1 Å². The van der Waals surface area contributed by atoms with Gasteiger partial charge in [0.2, 0.25) is 0 Å². The molecule has 0 amide bonds. The van der Waals surface area contributed by atoms with Gasteiger partial charge in [0, 0.05) is 0 Å². The topological polar surface area (TPSA) is 87.7 Å². The summed E-state index contributed by atoms with van der Waals surface area (Å²) >= 11 is 5.59. The Morgan fingerprint density at radius 1 is 1.00 bits per heavy atom. The second-order valence-electron chi connectivity index (χ2n) is 2.01. The molecule has 70 valence electrons. The summed E-state index contributed by atoms with van der Waals surface area (Å²) in [4.78, 5) is 21.2. The molecule has 7 heteroatoms. The number of rotatable bonds is 2. The summed E-state index contributed by atoms with van der Waals surface area (Å²) in [5.74, 6) is -2.72. The molecule has 0 aliphatic heterocycles. The number of carboxylic acids is 2. The second kappa shape index (κ2) is 3.51. The Labute approximate surface area is 88.6 Å². The Morgan fingerprint density at radius 3 is 1.54 bits per heavy atom. The van der Waals surface area contributed by atoms with E-state index in [1.54, 1.807) is 0 Å². The monoisotopic (exact) mass is 312 g/mol. The second-order valence-corrected chi connectivity index (χ2v) is 3.45. The summed E-state index contributed by atoms with van der Waals surface area (Å²) in [6.07, 6.45) is 0. The van der Waals surface area contributed by atoms with E-state index in [0.29, 0.717) is 0 Å². The summed E-state index contributed by atoms with van der Waals surface area (Å²) in [7, 11) is 0. The Kier molecular flexibility index (Phi) is 2.77. The van der Waals surface area contributed by atoms with E-state index in [9.17, 15) is 9.59 Å². The van der Waals surface area contributed by atoms with E-state index in [1.807, 2.05) is 0 Å². The van der Waals surface area contributed by atoms with E-state index < -0.39 is 23.1 Å². The van der Waals surface area contributed by atoms with Crippen LogP contribution in [0.4, 0.5) is 0 Å². The highest BCUT2D eigenvalue weighted by Gasteiger charge is 2.27. The molecule has 1 aromatic rings. The van der Waals surface area contributed by atoms with Crippen molar-refractivity contribution < 1.29 is 24.2 Å². The van der Waals surface area contributed by atoms with Crippen LogP contribution >= 0.6 is 31.9 Å². The lowest BCUT2D eigenvalue weighted by Crippen LogP contribution is -2.05. The summed E-state index contributed by atoms with van der Waals surface area (Å²) in [5.41, 5.74) is -0.807. The molecular formula is C6H2Br2O5. The molecule has 13 heavy (non-hydrogen) atoms. The van der Waals surface area contributed by atoms with Crippen molar-refractivity contribution in [2.45, 2.75) is 0 Å². The minimum absolute atomic E-state index is 0.121. The number of carbonyl (C=O) groups is 2. The van der Waals surface area contributed by atoms with Crippen molar-refractivity contribution in [3.63, 3.8) is 0 Å². The van der Waals surface area contributed by atoms with Crippen molar-refractivity contribution in [3.05, 3.63) is 20.5 Å². The van der Waals surface area contributed by atoms with Crippen molar-refractivity contribution in [1.29, 1.82) is 0 Å². The summed E-state index contributed by atoms with van der Waals surface area (Å²) in [6, 6.07) is 0. The van der Waals surface area contributed by atoms with Crippen LogP contribution in [0.25, 0.3) is 0 Å². The lowest BCUT2D eigenvalue weighted by molar-refractivity contribution is 0.0651. The van der Waals surface area contributed by atoms with E-state index in [1.165, 1.54) is 0 Å². The van der Waals surface area contributed by atoms with E-state index in [4.69, 9.17) is 14.6 Å². The minimum atomic E-state index is -1.36. The van der Waals surface area contributed by atoms with Crippen molar-refractivity contribution >= 4 is 43.8 Å². The fourth-order valence-electron chi connectivity index (χ4n) is 0.759. The van der Waals surface area contributed by atoms with Crippen molar-refractivity contribution in [1.82, 2.24) is 0 Å². The van der Waals surface area contributed by atoms with Crippen molar-refractivity contribution in [2.75, 3.05) is 0 Å². The van der Waals surface area contributed by atoms with Gasteiger partial charge in [0.15, 0.2) is 9.34 Å². The van der Waals surface area contributed by atoms with Crippen LogP contribution in [0.2, 0.25) is 0 Å². The molecule has 0 radical (unpaired) electrons. The molecule has 0 saturated carbocycles. The predicted octanol–water partition coefficient (Wildman–Crippen LogP) is 2.20. The molecule has 1 heterocycles. The zero-order valence-electron chi connectivity index (χ0n) is 5.88. The Bertz CT molecular complexity index is 346. The van der Waals surface area contributed by atoms with Crippen LogP contribution in [0.3, 0.4) is 0 Å². The van der Waals surface area contributed by atoms with Gasteiger partial charge in [-0.25, -0.2) is 9.59 Å². The first-order valence-corrected chi connectivity index (χ1v) is 4.48. The molecule has 0 unspecified atom stereocenters. The molecule has 0 fully saturated rings. The number of aromatic carboxylic acids is 2. The first kappa shape index (κ1) is 10.3. The van der Waals surface area contributed by atoms with Crippen LogP contribution in [0.1, 0.15) is 20.7 Å². The summed E-state index contributed by atoms with van der Waals surface area (Å²) in [6.45, 7) is 0. The summed E-state index contributed by atoms with van der Waals surface area (Å²) in [5, 5.41) is 17.3. The lowest BCUT2D eigenvalue weighted by Gasteiger charge is -1.91. The molecule has 0 bridgehead atoms. The number of halogens is 2. The molecule has 0 saturated heterocycles. The fourth-order valence-corrected chi connectivity index (χ4v) is 2.04. The number of carboxylic acid groups (broad SMARTS) is 2. The van der Waals surface area contributed by atoms with Crippen LogP contribution in [0.15, 0.2) is 13.8 Å². The molecule has 0 spiro atoms. The number of hydrogen-bond donors (Lipinski definition) is 2. The molecule has 0 aromatic carbocycles. The van der Waals surface area contributed by atoms with E-state index >= 15 is 0 Å². The van der Waals surface area contributed by atoms with Gasteiger partial charge in [0.05, 0.1) is 0 Å². The quantitative estimate of drug-likeness (QED) is 0.874. The van der Waals surface area contributed by atoms with E-state index in [-0.39, 0.29) is 9.34 Å². The predicted molar refractivity (Wildman–Crippen MR) is 48.0 cm³/mol. The fraction of sp³-hybridized carbons (Fsp3) is 0. The van der Waals surface area contributed by atoms with Crippen molar-refractivity contribution in [2.24, 2.45) is 0 Å². The highest BCUT2D eigenvalue weighted by molar-refractivity contribution is 9.11. The average Bonchev–Trinajstić information content (AvgIpc) is 2.24. The zero-order valence-corrected chi connectivity index (χ0v) is 9.05. The Hall–Kier alpha value is -0.820. The van der Waals surface area contributed by atoms with Gasteiger partial charge in [-0.2, -0.15) is 0 Å². The highest BCUT2D eigenvalue weighted by atomic mass is 79.9. The molecule has 0 aliphatic carbocycles. The zero-order chi connectivity index (χ0) is 10.2. The third-order valence-corrected chi connectivity index (χ3v) is 2.37. The van der Waals surface area contributed by atoms with Crippen LogP contribution in [0.5, 0.6) is 0 Å². The van der Waals surface area contributed by atoms with E-state index in [0.717, 1.165) is 0 Å². The SMILES string of the molecule is O=C(O)c1c(Br)oc(Br)c1C(=O)O. The van der Waals surface area contributed by atoms with E-state index in [2.05, 4.69) is 31.9 Å². The molecule has 2 N–H and O–H groups in total. The third kappa shape index (κ3) is 1.75. The molecule has 1 rings (SSSR count). The third-order valence-electron chi connectivity index (χ3n) is 1.25. The number of hydrogen-bond acceptors (Lipinski definition) is 3. The molecule has 0 atom stereocenters. The largest absolute Gasteiger partial charge is 0.478 e. The maximum atomic E-state index is 10.6. The minimum Gasteiger partial charge on any atom is -0.478 e. The van der Waals surface area contributed by atoms with Gasteiger partial charge in [-0.1, -0.05) is 0 Å². The van der Waals surface area contributed by atoms with Crippen LogP contribution < -0.4 is 0 Å². The summed E-state index contributed by atoms with van der Waals surface area (Å²) < 4.78 is 4.50. The van der Waals surface area contributed by atoms with Crippen LogP contribution in [-0.2, 0) is 0 Å². The van der Waals surface area contributed by atoms with Gasteiger partial charge < -0.3 is 14.6 Å². The van der Waals surface area contributed by atoms with Gasteiger partial charge >= 0.3 is 11.9 Å². The maximum Gasteiger partial charge on any atom is 0.341 e. The average molecular weight is 314 g/mol. The molecule has 1 aromatic heterocycles. The van der Waals surface area contributed by atoms with Crippen LogP contribution in [-0.4, -0.2) is 22.2 Å². The van der Waals surface area contributed by atoms with Crippen LogP contribution in [0, 0.1) is 0 Å². The highest BCUT2D eigenvalue weighted by Crippen LogP contribution is 2.31. The first-order chi connectivity index (χ1) is 5.95. The Balaban J connectivity index is 3.47. The molecular weight excluding hydrogens is 312 g/mol. The lowest BCUT2D eigenvalue weighted by atomic mass is 10.2. The van der Waals surface area contributed by atoms with Crippen molar-refractivity contribution in [3.8, 4) is 0 Å². The first-order valence-electron chi connectivity index (χ1n) is 2.89. The maximum absolute atomic E-state index is 10.6. The number of furan rings is 1. The smallest absolute Gasteiger partial charge is 0.341 e. The normalized spacial score (nSPS) is 10.0. The van der Waals surface area contributed by atoms with Gasteiger partial charge in [-0.3, -0.25) is 0 Å². The molecule has 5 nitrogen and oxygen atoms in total. The van der Waals surface area contributed by atoms with Gasteiger partial charge in [-0.05, 0) is 31.9 Å². The van der Waals surface area contributed by atoms with Gasteiger partial charge in [-0.15, -0.1) is 0 Å². The Morgan fingerprint density at radius 2 is 1.31 bits per heavy atom. The molecule has 0 aliphatic rings.